The Morgan fingerprint density at radius 2 is 2.17 bits per heavy atom. The second-order valence-electron chi connectivity index (χ2n) is 3.72. The maximum atomic E-state index is 11.6. The number of hydrogen-bond donors (Lipinski definition) is 0. The van der Waals surface area contributed by atoms with Gasteiger partial charge in [-0.2, -0.15) is 0 Å². The fourth-order valence-electron chi connectivity index (χ4n) is 1.67. The van der Waals surface area contributed by atoms with Crippen molar-refractivity contribution in [1.29, 1.82) is 0 Å². The Balaban J connectivity index is 2.42. The highest BCUT2D eigenvalue weighted by molar-refractivity contribution is 9.10. The van der Waals surface area contributed by atoms with E-state index < -0.39 is 5.97 Å². The van der Waals surface area contributed by atoms with Crippen LogP contribution < -0.4 is 0 Å². The Morgan fingerprint density at radius 1 is 1.44 bits per heavy atom. The summed E-state index contributed by atoms with van der Waals surface area (Å²) in [6, 6.07) is 7.77. The quantitative estimate of drug-likeness (QED) is 0.818. The molecule has 2 rings (SSSR count). The van der Waals surface area contributed by atoms with Gasteiger partial charge >= 0.3 is 5.97 Å². The van der Waals surface area contributed by atoms with Crippen LogP contribution in [0, 0.1) is 6.92 Å². The van der Waals surface area contributed by atoms with E-state index in [9.17, 15) is 4.79 Å². The summed E-state index contributed by atoms with van der Waals surface area (Å²) < 4.78 is 7.74. The van der Waals surface area contributed by atoms with Gasteiger partial charge in [0.2, 0.25) is 0 Å². The fraction of sp³-hybridized carbons (Fsp3) is 0.231. The van der Waals surface area contributed by atoms with Gasteiger partial charge in [0.25, 0.3) is 0 Å². The minimum absolute atomic E-state index is 0.324. The van der Waals surface area contributed by atoms with Crippen LogP contribution in [0.5, 0.6) is 0 Å². The number of ether oxygens (including phenoxy) is 1. The van der Waals surface area contributed by atoms with Crippen LogP contribution in [0.15, 0.2) is 34.9 Å². The number of para-hydroxylation sites is 1. The maximum absolute atomic E-state index is 11.6. The van der Waals surface area contributed by atoms with E-state index in [1.807, 2.05) is 35.8 Å². The van der Waals surface area contributed by atoms with Crippen LogP contribution in [0.2, 0.25) is 0 Å². The lowest BCUT2D eigenvalue weighted by molar-refractivity contribution is 0.0520. The first-order valence-electron chi connectivity index (χ1n) is 5.61. The van der Waals surface area contributed by atoms with Crippen molar-refractivity contribution in [2.75, 3.05) is 6.61 Å². The monoisotopic (exact) mass is 308 g/mol. The number of rotatable bonds is 3. The van der Waals surface area contributed by atoms with Crippen LogP contribution in [0.4, 0.5) is 0 Å². The smallest absolute Gasteiger partial charge is 0.358 e. The molecule has 0 fully saturated rings. The summed E-state index contributed by atoms with van der Waals surface area (Å²) in [4.78, 5) is 15.8. The van der Waals surface area contributed by atoms with Gasteiger partial charge in [-0.3, -0.25) is 0 Å². The standard InChI is InChI=1S/C13H13BrN2O2/c1-3-18-13(17)11-8-16(9(2)15-11)12-7-5-4-6-10(12)14/h4-8H,3H2,1-2H3. The second-order valence-corrected chi connectivity index (χ2v) is 4.57. The van der Waals surface area contributed by atoms with E-state index >= 15 is 0 Å². The molecule has 0 amide bonds. The summed E-state index contributed by atoms with van der Waals surface area (Å²) in [5.74, 6) is 0.344. The Bertz CT molecular complexity index is 578. The minimum Gasteiger partial charge on any atom is -0.461 e. The topological polar surface area (TPSA) is 44.1 Å². The van der Waals surface area contributed by atoms with Gasteiger partial charge in [0.1, 0.15) is 5.82 Å². The fourth-order valence-corrected chi connectivity index (χ4v) is 2.14. The van der Waals surface area contributed by atoms with Crippen molar-refractivity contribution in [3.8, 4) is 5.69 Å². The van der Waals surface area contributed by atoms with E-state index in [4.69, 9.17) is 4.74 Å². The molecule has 5 heteroatoms. The number of imidazole rings is 1. The van der Waals surface area contributed by atoms with E-state index in [-0.39, 0.29) is 0 Å². The number of hydrogen-bond acceptors (Lipinski definition) is 3. The molecule has 4 nitrogen and oxygen atoms in total. The molecule has 18 heavy (non-hydrogen) atoms. The minimum atomic E-state index is -0.397. The third kappa shape index (κ3) is 2.46. The van der Waals surface area contributed by atoms with Crippen LogP contribution in [0.3, 0.4) is 0 Å². The number of carbonyl (C=O) groups excluding carboxylic acids is 1. The molecule has 0 N–H and O–H groups in total. The average Bonchev–Trinajstić information content (AvgIpc) is 2.72. The third-order valence-electron chi connectivity index (χ3n) is 2.48. The number of nitrogens with zero attached hydrogens (tertiary/aromatic N) is 2. The number of halogens is 1. The lowest BCUT2D eigenvalue weighted by Gasteiger charge is -2.06. The molecule has 1 aromatic heterocycles. The SMILES string of the molecule is CCOC(=O)c1cn(-c2ccccc2Br)c(C)n1. The van der Waals surface area contributed by atoms with Crippen molar-refractivity contribution < 1.29 is 9.53 Å². The first-order chi connectivity index (χ1) is 8.63. The lowest BCUT2D eigenvalue weighted by atomic mass is 10.3. The molecule has 1 aromatic carbocycles. The summed E-state index contributed by atoms with van der Waals surface area (Å²) in [7, 11) is 0. The van der Waals surface area contributed by atoms with Crippen molar-refractivity contribution in [3.63, 3.8) is 0 Å². The summed E-state index contributed by atoms with van der Waals surface area (Å²) in [5.41, 5.74) is 1.27. The van der Waals surface area contributed by atoms with Gasteiger partial charge in [0, 0.05) is 10.7 Å². The van der Waals surface area contributed by atoms with Crippen molar-refractivity contribution in [2.24, 2.45) is 0 Å². The zero-order valence-corrected chi connectivity index (χ0v) is 11.8. The number of esters is 1. The maximum Gasteiger partial charge on any atom is 0.358 e. The highest BCUT2D eigenvalue weighted by Gasteiger charge is 2.14. The highest BCUT2D eigenvalue weighted by Crippen LogP contribution is 2.22. The Hall–Kier alpha value is -1.62. The number of aromatic nitrogens is 2. The molecule has 1 heterocycles. The molecule has 0 saturated carbocycles. The van der Waals surface area contributed by atoms with Crippen molar-refractivity contribution >= 4 is 21.9 Å². The van der Waals surface area contributed by atoms with Crippen LogP contribution in [0.1, 0.15) is 23.2 Å². The normalized spacial score (nSPS) is 10.4. The largest absolute Gasteiger partial charge is 0.461 e. The summed E-state index contributed by atoms with van der Waals surface area (Å²) in [6.45, 7) is 3.97. The van der Waals surface area contributed by atoms with Gasteiger partial charge in [-0.15, -0.1) is 0 Å². The molecule has 0 spiro atoms. The number of benzene rings is 1. The van der Waals surface area contributed by atoms with Crippen LogP contribution in [0.25, 0.3) is 5.69 Å². The van der Waals surface area contributed by atoms with E-state index in [1.54, 1.807) is 13.1 Å². The molecular weight excluding hydrogens is 296 g/mol. The molecule has 0 saturated heterocycles. The van der Waals surface area contributed by atoms with Gasteiger partial charge in [-0.25, -0.2) is 9.78 Å². The summed E-state index contributed by atoms with van der Waals surface area (Å²) in [5, 5.41) is 0. The van der Waals surface area contributed by atoms with E-state index in [2.05, 4.69) is 20.9 Å². The van der Waals surface area contributed by atoms with E-state index in [0.29, 0.717) is 12.3 Å². The zero-order chi connectivity index (χ0) is 13.1. The van der Waals surface area contributed by atoms with Crippen LogP contribution in [-0.2, 0) is 4.74 Å². The molecule has 0 bridgehead atoms. The van der Waals surface area contributed by atoms with Gasteiger partial charge in [-0.05, 0) is 41.9 Å². The van der Waals surface area contributed by atoms with Gasteiger partial charge in [-0.1, -0.05) is 12.1 Å². The summed E-state index contributed by atoms with van der Waals surface area (Å²) >= 11 is 3.48. The Morgan fingerprint density at radius 3 is 2.83 bits per heavy atom. The van der Waals surface area contributed by atoms with E-state index in [0.717, 1.165) is 16.0 Å². The molecule has 0 radical (unpaired) electrons. The predicted molar refractivity (Wildman–Crippen MR) is 72.0 cm³/mol. The molecule has 0 aliphatic carbocycles. The second kappa shape index (κ2) is 5.35. The first-order valence-corrected chi connectivity index (χ1v) is 6.40. The molecular formula is C13H13BrN2O2. The van der Waals surface area contributed by atoms with Gasteiger partial charge in [0.15, 0.2) is 5.69 Å². The molecule has 0 aliphatic rings. The number of aryl methyl sites for hydroxylation is 1. The number of carbonyl (C=O) groups is 1. The Kier molecular flexibility index (Phi) is 3.81. The molecule has 0 atom stereocenters. The molecule has 94 valence electrons. The van der Waals surface area contributed by atoms with Crippen molar-refractivity contribution in [3.05, 3.63) is 46.5 Å². The predicted octanol–water partition coefficient (Wildman–Crippen LogP) is 3.12. The highest BCUT2D eigenvalue weighted by atomic mass is 79.9. The molecule has 0 aliphatic heterocycles. The van der Waals surface area contributed by atoms with Crippen LogP contribution >= 0.6 is 15.9 Å². The molecule has 0 unspecified atom stereocenters. The third-order valence-corrected chi connectivity index (χ3v) is 3.15. The Labute approximate surface area is 114 Å². The van der Waals surface area contributed by atoms with E-state index in [1.165, 1.54) is 0 Å². The van der Waals surface area contributed by atoms with Gasteiger partial charge in [0.05, 0.1) is 12.3 Å². The zero-order valence-electron chi connectivity index (χ0n) is 10.2. The average molecular weight is 309 g/mol. The first kappa shape index (κ1) is 12.8. The lowest BCUT2D eigenvalue weighted by Crippen LogP contribution is -2.04. The van der Waals surface area contributed by atoms with Crippen molar-refractivity contribution in [2.45, 2.75) is 13.8 Å². The summed E-state index contributed by atoms with van der Waals surface area (Å²) in [6.07, 6.45) is 1.69. The van der Waals surface area contributed by atoms with Gasteiger partial charge < -0.3 is 9.30 Å². The van der Waals surface area contributed by atoms with Crippen molar-refractivity contribution in [1.82, 2.24) is 9.55 Å². The van der Waals surface area contributed by atoms with Crippen LogP contribution in [-0.4, -0.2) is 22.1 Å². The molecule has 2 aromatic rings.